The van der Waals surface area contributed by atoms with E-state index in [1.807, 2.05) is 12.1 Å². The molecule has 1 aliphatic carbocycles. The Balaban J connectivity index is 1.45. The summed E-state index contributed by atoms with van der Waals surface area (Å²) < 4.78 is 11.4. The number of nitrogens with zero attached hydrogens (tertiary/aromatic N) is 2. The standard InChI is InChI=1S/C18H21N3O4S/c1-24-13-8-12(9-13)16(22)20-18-19-14-3-2-11(10-15(14)26-18)17(23)21-4-6-25-7-5-21/h2-3,10,12-13H,4-9H2,1H3,(H,19,20,22). The van der Waals surface area contributed by atoms with E-state index in [0.717, 1.165) is 23.1 Å². The number of ether oxygens (including phenoxy) is 2. The maximum absolute atomic E-state index is 12.6. The molecule has 7 nitrogen and oxygen atoms in total. The number of amides is 2. The van der Waals surface area contributed by atoms with Crippen molar-refractivity contribution in [3.63, 3.8) is 0 Å². The number of benzene rings is 1. The van der Waals surface area contributed by atoms with Crippen molar-refractivity contribution < 1.29 is 19.1 Å². The number of hydrogen-bond acceptors (Lipinski definition) is 6. The lowest BCUT2D eigenvalue weighted by Gasteiger charge is -2.32. The largest absolute Gasteiger partial charge is 0.381 e. The summed E-state index contributed by atoms with van der Waals surface area (Å²) in [7, 11) is 1.67. The maximum Gasteiger partial charge on any atom is 0.254 e. The number of anilines is 1. The average molecular weight is 375 g/mol. The van der Waals surface area contributed by atoms with Gasteiger partial charge in [0.25, 0.3) is 5.91 Å². The maximum atomic E-state index is 12.6. The molecule has 0 spiro atoms. The highest BCUT2D eigenvalue weighted by atomic mass is 32.1. The lowest BCUT2D eigenvalue weighted by molar-refractivity contribution is -0.127. The molecule has 4 rings (SSSR count). The Morgan fingerprint density at radius 1 is 1.31 bits per heavy atom. The monoisotopic (exact) mass is 375 g/mol. The van der Waals surface area contributed by atoms with Crippen molar-refractivity contribution in [3.8, 4) is 0 Å². The molecule has 138 valence electrons. The van der Waals surface area contributed by atoms with Crippen molar-refractivity contribution in [3.05, 3.63) is 23.8 Å². The number of rotatable bonds is 4. The number of carbonyl (C=O) groups excluding carboxylic acids is 2. The van der Waals surface area contributed by atoms with Gasteiger partial charge in [-0.05, 0) is 31.0 Å². The molecule has 0 atom stereocenters. The molecule has 26 heavy (non-hydrogen) atoms. The van der Waals surface area contributed by atoms with Crippen LogP contribution in [0, 0.1) is 5.92 Å². The van der Waals surface area contributed by atoms with Crippen molar-refractivity contribution in [2.45, 2.75) is 18.9 Å². The molecule has 8 heteroatoms. The molecule has 2 fully saturated rings. The molecule has 1 aromatic carbocycles. The van der Waals surface area contributed by atoms with Gasteiger partial charge in [0.05, 0.1) is 29.5 Å². The normalized spacial score (nSPS) is 22.9. The van der Waals surface area contributed by atoms with Crippen LogP contribution in [0.5, 0.6) is 0 Å². The second kappa shape index (κ2) is 7.30. The number of nitrogens with one attached hydrogen (secondary N) is 1. The first-order chi connectivity index (χ1) is 12.6. The van der Waals surface area contributed by atoms with Gasteiger partial charge in [-0.1, -0.05) is 11.3 Å². The summed E-state index contributed by atoms with van der Waals surface area (Å²) in [5.41, 5.74) is 1.43. The molecular weight excluding hydrogens is 354 g/mol. The minimum absolute atomic E-state index is 0.00858. The zero-order valence-corrected chi connectivity index (χ0v) is 15.4. The Morgan fingerprint density at radius 3 is 2.81 bits per heavy atom. The molecule has 1 aromatic heterocycles. The van der Waals surface area contributed by atoms with Gasteiger partial charge in [0, 0.05) is 31.7 Å². The summed E-state index contributed by atoms with van der Waals surface area (Å²) in [6.07, 6.45) is 1.70. The third kappa shape index (κ3) is 3.44. The summed E-state index contributed by atoms with van der Waals surface area (Å²) in [6.45, 7) is 2.39. The number of hydrogen-bond donors (Lipinski definition) is 1. The zero-order valence-electron chi connectivity index (χ0n) is 14.6. The summed E-state index contributed by atoms with van der Waals surface area (Å²) in [4.78, 5) is 31.1. The van der Waals surface area contributed by atoms with Crippen LogP contribution < -0.4 is 5.32 Å². The molecule has 1 saturated carbocycles. The Hall–Kier alpha value is -2.03. The van der Waals surface area contributed by atoms with E-state index in [2.05, 4.69) is 10.3 Å². The summed E-state index contributed by atoms with van der Waals surface area (Å²) in [5, 5.41) is 3.46. The topological polar surface area (TPSA) is 80.8 Å². The van der Waals surface area contributed by atoms with E-state index >= 15 is 0 Å². The zero-order chi connectivity index (χ0) is 18.1. The van der Waals surface area contributed by atoms with Gasteiger partial charge in [-0.3, -0.25) is 9.59 Å². The van der Waals surface area contributed by atoms with Gasteiger partial charge in [0.1, 0.15) is 0 Å². The van der Waals surface area contributed by atoms with E-state index in [9.17, 15) is 9.59 Å². The van der Waals surface area contributed by atoms with Crippen molar-refractivity contribution in [1.29, 1.82) is 0 Å². The second-order valence-corrected chi connectivity index (χ2v) is 7.65. The lowest BCUT2D eigenvalue weighted by Crippen LogP contribution is -2.40. The summed E-state index contributed by atoms with van der Waals surface area (Å²) in [6, 6.07) is 5.48. The van der Waals surface area contributed by atoms with Crippen LogP contribution in [-0.2, 0) is 14.3 Å². The van der Waals surface area contributed by atoms with Crippen LogP contribution >= 0.6 is 11.3 Å². The highest BCUT2D eigenvalue weighted by molar-refractivity contribution is 7.22. The molecule has 1 aliphatic heterocycles. The fraction of sp³-hybridized carbons (Fsp3) is 0.500. The van der Waals surface area contributed by atoms with Crippen molar-refractivity contribution >= 4 is 38.5 Å². The average Bonchev–Trinajstić information content (AvgIpc) is 3.02. The highest BCUT2D eigenvalue weighted by Crippen LogP contribution is 2.32. The van der Waals surface area contributed by atoms with Gasteiger partial charge < -0.3 is 19.7 Å². The van der Waals surface area contributed by atoms with Crippen LogP contribution in [-0.4, -0.2) is 61.2 Å². The third-order valence-electron chi connectivity index (χ3n) is 4.96. The SMILES string of the molecule is COC1CC(C(=O)Nc2nc3ccc(C(=O)N4CCOCC4)cc3s2)C1. The molecule has 0 unspecified atom stereocenters. The van der Waals surface area contributed by atoms with Crippen LogP contribution in [0.25, 0.3) is 10.2 Å². The van der Waals surface area contributed by atoms with Crippen molar-refractivity contribution in [1.82, 2.24) is 9.88 Å². The van der Waals surface area contributed by atoms with Gasteiger partial charge in [0.2, 0.25) is 5.91 Å². The third-order valence-corrected chi connectivity index (χ3v) is 5.90. The minimum atomic E-state index is -0.0121. The number of methoxy groups -OCH3 is 1. The Bertz CT molecular complexity index is 825. The van der Waals surface area contributed by atoms with Gasteiger partial charge in [-0.25, -0.2) is 4.98 Å². The second-order valence-electron chi connectivity index (χ2n) is 6.62. The lowest BCUT2D eigenvalue weighted by atomic mass is 9.82. The Labute approximate surface area is 155 Å². The van der Waals surface area contributed by atoms with Crippen LogP contribution in [0.2, 0.25) is 0 Å². The predicted molar refractivity (Wildman–Crippen MR) is 98.5 cm³/mol. The molecule has 2 aromatic rings. The fourth-order valence-electron chi connectivity index (χ4n) is 3.24. The summed E-state index contributed by atoms with van der Waals surface area (Å²) in [5.74, 6) is -0.0124. The number of morpholine rings is 1. The molecule has 0 radical (unpaired) electrons. The first-order valence-corrected chi connectivity index (χ1v) is 9.57. The molecule has 1 saturated heterocycles. The predicted octanol–water partition coefficient (Wildman–Crippen LogP) is 2.13. The van der Waals surface area contributed by atoms with Gasteiger partial charge in [-0.15, -0.1) is 0 Å². The number of fused-ring (bicyclic) bond motifs is 1. The molecular formula is C18H21N3O4S. The summed E-state index contributed by atoms with van der Waals surface area (Å²) >= 11 is 1.39. The van der Waals surface area contributed by atoms with E-state index in [1.165, 1.54) is 11.3 Å². The van der Waals surface area contributed by atoms with E-state index in [0.29, 0.717) is 37.0 Å². The molecule has 2 aliphatic rings. The quantitative estimate of drug-likeness (QED) is 0.885. The van der Waals surface area contributed by atoms with Gasteiger partial charge in [0.15, 0.2) is 5.13 Å². The van der Waals surface area contributed by atoms with E-state index in [1.54, 1.807) is 18.1 Å². The molecule has 1 N–H and O–H groups in total. The van der Waals surface area contributed by atoms with Gasteiger partial charge in [-0.2, -0.15) is 0 Å². The Morgan fingerprint density at radius 2 is 2.08 bits per heavy atom. The molecule has 2 heterocycles. The first kappa shape index (κ1) is 17.4. The molecule has 0 bridgehead atoms. The van der Waals surface area contributed by atoms with E-state index in [4.69, 9.17) is 9.47 Å². The highest BCUT2D eigenvalue weighted by Gasteiger charge is 2.34. The minimum Gasteiger partial charge on any atom is -0.381 e. The van der Waals surface area contributed by atoms with Crippen molar-refractivity contribution in [2.24, 2.45) is 5.92 Å². The van der Waals surface area contributed by atoms with Crippen LogP contribution in [0.4, 0.5) is 5.13 Å². The first-order valence-electron chi connectivity index (χ1n) is 8.75. The van der Waals surface area contributed by atoms with Crippen LogP contribution in [0.15, 0.2) is 18.2 Å². The molecule has 2 amide bonds. The number of carbonyl (C=O) groups is 2. The smallest absolute Gasteiger partial charge is 0.254 e. The fourth-order valence-corrected chi connectivity index (χ4v) is 4.15. The van der Waals surface area contributed by atoms with E-state index in [-0.39, 0.29) is 23.8 Å². The number of thiazole rings is 1. The van der Waals surface area contributed by atoms with E-state index < -0.39 is 0 Å². The van der Waals surface area contributed by atoms with Gasteiger partial charge >= 0.3 is 0 Å². The Kier molecular flexibility index (Phi) is 4.88. The number of aromatic nitrogens is 1. The van der Waals surface area contributed by atoms with Crippen LogP contribution in [0.1, 0.15) is 23.2 Å². The van der Waals surface area contributed by atoms with Crippen LogP contribution in [0.3, 0.4) is 0 Å². The van der Waals surface area contributed by atoms with Crippen molar-refractivity contribution in [2.75, 3.05) is 38.7 Å².